The number of carbonyl (C=O) groups is 3. The topological polar surface area (TPSA) is 137 Å². The first-order valence-corrected chi connectivity index (χ1v) is 16.3. The summed E-state index contributed by atoms with van der Waals surface area (Å²) in [5.74, 6) is -1.44. The molecule has 1 saturated heterocycles. The third-order valence-electron chi connectivity index (χ3n) is 8.29. The number of likely N-dealkylation sites (tertiary alicyclic amines) is 1. The Morgan fingerprint density at radius 1 is 1.22 bits per heavy atom. The summed E-state index contributed by atoms with van der Waals surface area (Å²) in [5, 5.41) is 6.10. The highest BCUT2D eigenvalue weighted by Gasteiger charge is 2.52. The predicted molar refractivity (Wildman–Crippen MR) is 163 cm³/mol. The van der Waals surface area contributed by atoms with Crippen molar-refractivity contribution in [3.05, 3.63) is 36.9 Å². The summed E-state index contributed by atoms with van der Waals surface area (Å²) in [6, 6.07) is 5.96. The minimum absolute atomic E-state index is 0.178. The fourth-order valence-electron chi connectivity index (χ4n) is 4.91. The number of carbonyl (C=O) groups excluding carboxylic acids is 3. The first-order chi connectivity index (χ1) is 19.4. The van der Waals surface area contributed by atoms with Crippen molar-refractivity contribution in [1.29, 1.82) is 0 Å². The SMILES string of the molecule is C=CCCCCC[C@H](Nc1cccc(NCl)c1)C(=O)N1CCC[C@H]1C(=O)N[C@@](C)(CC)C(=O)NS(=O)(=O)C1(C)CC1. The normalized spacial score (nSPS) is 19.9. The van der Waals surface area contributed by atoms with Gasteiger partial charge in [0.2, 0.25) is 21.8 Å². The molecule has 1 aromatic carbocycles. The highest BCUT2D eigenvalue weighted by molar-refractivity contribution is 7.91. The van der Waals surface area contributed by atoms with Crippen molar-refractivity contribution in [2.75, 3.05) is 16.7 Å². The third-order valence-corrected chi connectivity index (χ3v) is 10.7. The highest BCUT2D eigenvalue weighted by atomic mass is 35.5. The van der Waals surface area contributed by atoms with Gasteiger partial charge in [-0.05, 0) is 83.4 Å². The summed E-state index contributed by atoms with van der Waals surface area (Å²) < 4.78 is 26.5. The van der Waals surface area contributed by atoms with Crippen LogP contribution in [-0.4, -0.2) is 60.0 Å². The number of nitrogens with one attached hydrogen (secondary N) is 4. The van der Waals surface area contributed by atoms with Crippen molar-refractivity contribution in [3.8, 4) is 0 Å². The maximum atomic E-state index is 13.9. The second-order valence-corrected chi connectivity index (χ2v) is 13.9. The van der Waals surface area contributed by atoms with E-state index in [0.29, 0.717) is 44.3 Å². The van der Waals surface area contributed by atoms with Gasteiger partial charge in [-0.15, -0.1) is 6.58 Å². The van der Waals surface area contributed by atoms with Crippen molar-refractivity contribution in [2.24, 2.45) is 0 Å². The summed E-state index contributed by atoms with van der Waals surface area (Å²) in [7, 11) is -3.86. The number of allylic oxidation sites excluding steroid dienone is 1. The number of hydrogen-bond acceptors (Lipinski definition) is 7. The van der Waals surface area contributed by atoms with Gasteiger partial charge in [-0.1, -0.05) is 31.9 Å². The zero-order chi connectivity index (χ0) is 30.3. The molecule has 0 bridgehead atoms. The van der Waals surface area contributed by atoms with Crippen LogP contribution in [0.4, 0.5) is 11.4 Å². The minimum atomic E-state index is -3.86. The maximum absolute atomic E-state index is 13.9. The number of sulfonamides is 1. The molecule has 1 saturated carbocycles. The number of rotatable bonds is 16. The Kier molecular flexibility index (Phi) is 11.1. The van der Waals surface area contributed by atoms with Crippen molar-refractivity contribution < 1.29 is 22.8 Å². The molecule has 228 valence electrons. The van der Waals surface area contributed by atoms with Gasteiger partial charge in [0, 0.05) is 24.0 Å². The van der Waals surface area contributed by atoms with Crippen molar-refractivity contribution >= 4 is 50.9 Å². The number of halogens is 1. The third kappa shape index (κ3) is 8.16. The number of anilines is 2. The summed E-state index contributed by atoms with van der Waals surface area (Å²) in [4.78, 5) is 44.7. The first kappa shape index (κ1) is 32.7. The number of unbranched alkanes of at least 4 members (excludes halogenated alkanes) is 3. The fraction of sp³-hybridized carbons (Fsp3) is 0.621. The Hall–Kier alpha value is -2.79. The molecule has 3 rings (SSSR count). The van der Waals surface area contributed by atoms with Crippen molar-refractivity contribution in [1.82, 2.24) is 14.9 Å². The van der Waals surface area contributed by atoms with E-state index in [2.05, 4.69) is 26.8 Å². The van der Waals surface area contributed by atoms with Gasteiger partial charge in [-0.3, -0.25) is 23.9 Å². The Morgan fingerprint density at radius 3 is 2.56 bits per heavy atom. The van der Waals surface area contributed by atoms with Gasteiger partial charge in [0.05, 0.1) is 10.4 Å². The average molecular weight is 610 g/mol. The minimum Gasteiger partial charge on any atom is -0.374 e. The molecule has 2 aliphatic rings. The molecule has 12 heteroatoms. The summed E-state index contributed by atoms with van der Waals surface area (Å²) in [5.41, 5.74) is -0.0481. The molecule has 0 aromatic heterocycles. The standard InChI is InChI=1S/C29H44ClN5O5S/c1-5-7-8-9-10-15-23(31-21-13-11-14-22(20-21)33-30)26(37)35-19-12-16-24(35)25(36)32-29(4,6-2)27(38)34-41(39,40)28(3)17-18-28/h5,11,13-14,20,23-24,31,33H,1,6-10,12,15-19H2,2-4H3,(H,32,36)(H,34,38)/t23-,24-,29-/m0/s1. The van der Waals surface area contributed by atoms with E-state index in [1.54, 1.807) is 24.8 Å². The largest absolute Gasteiger partial charge is 0.374 e. The van der Waals surface area contributed by atoms with Crippen molar-refractivity contribution in [3.63, 3.8) is 0 Å². The molecule has 0 radical (unpaired) electrons. The van der Waals surface area contributed by atoms with Gasteiger partial charge in [0.25, 0.3) is 5.91 Å². The summed E-state index contributed by atoms with van der Waals surface area (Å²) in [6.07, 6.45) is 8.35. The lowest BCUT2D eigenvalue weighted by Gasteiger charge is -2.33. The second-order valence-electron chi connectivity index (χ2n) is 11.5. The lowest BCUT2D eigenvalue weighted by molar-refractivity contribution is -0.141. The van der Waals surface area contributed by atoms with Crippen LogP contribution in [0.1, 0.15) is 85.0 Å². The zero-order valence-electron chi connectivity index (χ0n) is 24.3. The molecule has 1 aromatic rings. The molecule has 3 amide bonds. The molecule has 1 aliphatic heterocycles. The quantitative estimate of drug-likeness (QED) is 0.123. The van der Waals surface area contributed by atoms with Crippen molar-refractivity contribution in [2.45, 2.75) is 107 Å². The monoisotopic (exact) mass is 609 g/mol. The Morgan fingerprint density at radius 2 is 1.93 bits per heavy atom. The number of hydrogen-bond donors (Lipinski definition) is 4. The van der Waals surface area contributed by atoms with Gasteiger partial charge >= 0.3 is 0 Å². The average Bonchev–Trinajstić information content (AvgIpc) is 3.52. The van der Waals surface area contributed by atoms with Crippen LogP contribution in [0.25, 0.3) is 0 Å². The summed E-state index contributed by atoms with van der Waals surface area (Å²) >= 11 is 5.77. The molecule has 10 nitrogen and oxygen atoms in total. The van der Waals surface area contributed by atoms with E-state index in [1.165, 1.54) is 6.92 Å². The van der Waals surface area contributed by atoms with Gasteiger partial charge in [-0.2, -0.15) is 0 Å². The number of amides is 3. The van der Waals surface area contributed by atoms with Crippen LogP contribution in [0.3, 0.4) is 0 Å². The van der Waals surface area contributed by atoms with E-state index in [-0.39, 0.29) is 12.3 Å². The fourth-order valence-corrected chi connectivity index (χ4v) is 6.38. The number of benzene rings is 1. The first-order valence-electron chi connectivity index (χ1n) is 14.4. The summed E-state index contributed by atoms with van der Waals surface area (Å²) in [6.45, 7) is 8.99. The van der Waals surface area contributed by atoms with Crippen LogP contribution in [0.15, 0.2) is 36.9 Å². The smallest absolute Gasteiger partial charge is 0.258 e. The molecule has 4 N–H and O–H groups in total. The van der Waals surface area contributed by atoms with Crippen LogP contribution in [0, 0.1) is 0 Å². The molecular weight excluding hydrogens is 566 g/mol. The second kappa shape index (κ2) is 13.9. The number of nitrogens with zero attached hydrogens (tertiary/aromatic N) is 1. The van der Waals surface area contributed by atoms with Crippen LogP contribution in [-0.2, 0) is 24.4 Å². The van der Waals surface area contributed by atoms with Gasteiger partial charge in [0.15, 0.2) is 0 Å². The maximum Gasteiger partial charge on any atom is 0.258 e. The lowest BCUT2D eigenvalue weighted by Crippen LogP contribution is -2.61. The van der Waals surface area contributed by atoms with Crippen LogP contribution in [0.5, 0.6) is 0 Å². The van der Waals surface area contributed by atoms with Gasteiger partial charge in [-0.25, -0.2) is 8.42 Å². The van der Waals surface area contributed by atoms with E-state index < -0.39 is 44.2 Å². The van der Waals surface area contributed by atoms with Crippen LogP contribution >= 0.6 is 11.8 Å². The molecule has 1 aliphatic carbocycles. The highest BCUT2D eigenvalue weighted by Crippen LogP contribution is 2.42. The van der Waals surface area contributed by atoms with Gasteiger partial charge < -0.3 is 15.5 Å². The Bertz CT molecular complexity index is 1220. The lowest BCUT2D eigenvalue weighted by atomic mass is 9.97. The molecular formula is C29H44ClN5O5S. The zero-order valence-corrected chi connectivity index (χ0v) is 25.9. The molecule has 3 atom stereocenters. The van der Waals surface area contributed by atoms with E-state index in [9.17, 15) is 22.8 Å². The van der Waals surface area contributed by atoms with E-state index in [1.807, 2.05) is 24.3 Å². The molecule has 0 spiro atoms. The van der Waals surface area contributed by atoms with E-state index in [0.717, 1.165) is 31.4 Å². The van der Waals surface area contributed by atoms with Gasteiger partial charge in [0.1, 0.15) is 17.6 Å². The predicted octanol–water partition coefficient (Wildman–Crippen LogP) is 4.44. The molecule has 41 heavy (non-hydrogen) atoms. The van der Waals surface area contributed by atoms with Crippen LogP contribution < -0.4 is 20.2 Å². The van der Waals surface area contributed by atoms with E-state index in [4.69, 9.17) is 11.8 Å². The van der Waals surface area contributed by atoms with Crippen LogP contribution in [0.2, 0.25) is 0 Å². The molecule has 2 fully saturated rings. The molecule has 1 heterocycles. The Labute approximate surface area is 249 Å². The van der Waals surface area contributed by atoms with E-state index >= 15 is 0 Å². The Balaban J connectivity index is 1.73. The molecule has 0 unspecified atom stereocenters.